The van der Waals surface area contributed by atoms with Crippen LogP contribution in [0.2, 0.25) is 0 Å². The van der Waals surface area contributed by atoms with Gasteiger partial charge in [0.25, 0.3) is 0 Å². The minimum atomic E-state index is -0.907. The summed E-state index contributed by atoms with van der Waals surface area (Å²) in [5, 5.41) is 8.77. The fourth-order valence-corrected chi connectivity index (χ4v) is 5.42. The maximum atomic E-state index is 12.6. The number of unbranched alkanes of at least 4 members (excludes halogenated alkanes) is 20. The quantitative estimate of drug-likeness (QED) is 0.0400. The second-order valence-corrected chi connectivity index (χ2v) is 13.2. The molecule has 0 fully saturated rings. The van der Waals surface area contributed by atoms with Crippen molar-refractivity contribution in [2.75, 3.05) is 46.6 Å². The summed E-state index contributed by atoms with van der Waals surface area (Å²) < 4.78 is 21.1. The Morgan fingerprint density at radius 2 is 0.854 bits per heavy atom. The number of esters is 4. The number of nitrogens with zero attached hydrogens (tertiary/aromatic N) is 1. The predicted octanol–water partition coefficient (Wildman–Crippen LogP) is 7.85. The summed E-state index contributed by atoms with van der Waals surface area (Å²) in [6, 6.07) is 0. The average molecular weight is 686 g/mol. The molecule has 0 aromatic rings. The Morgan fingerprint density at radius 3 is 1.27 bits per heavy atom. The minimum absolute atomic E-state index is 0.110. The molecule has 1 N–H and O–H groups in total. The van der Waals surface area contributed by atoms with Crippen molar-refractivity contribution in [3.63, 3.8) is 0 Å². The summed E-state index contributed by atoms with van der Waals surface area (Å²) in [6.07, 6.45) is 25.7. The van der Waals surface area contributed by atoms with Crippen LogP contribution >= 0.6 is 0 Å². The highest BCUT2D eigenvalue weighted by molar-refractivity contribution is 5.75. The van der Waals surface area contributed by atoms with Crippen LogP contribution in [0.1, 0.15) is 168 Å². The Bertz CT molecular complexity index is 792. The van der Waals surface area contributed by atoms with Crippen LogP contribution in [0.5, 0.6) is 0 Å². The number of aliphatic hydroxyl groups excluding tert-OH is 1. The number of carbonyl (C=O) groups is 4. The van der Waals surface area contributed by atoms with Gasteiger partial charge in [-0.3, -0.25) is 24.1 Å². The SMILES string of the molecule is CCCCCCCCCCCCCC(=O)OCC(COC(=O)CN(C)CC(=O)OCCO)OC(=O)CCCCCCCCCCCCC. The van der Waals surface area contributed by atoms with Crippen molar-refractivity contribution < 1.29 is 43.2 Å². The molecule has 0 radical (unpaired) electrons. The summed E-state index contributed by atoms with van der Waals surface area (Å²) in [4.78, 5) is 50.5. The van der Waals surface area contributed by atoms with E-state index in [9.17, 15) is 19.2 Å². The minimum Gasteiger partial charge on any atom is -0.462 e. The van der Waals surface area contributed by atoms with Crippen molar-refractivity contribution in [1.82, 2.24) is 4.90 Å². The maximum Gasteiger partial charge on any atom is 0.320 e. The third kappa shape index (κ3) is 32.4. The summed E-state index contributed by atoms with van der Waals surface area (Å²) in [6.45, 7) is 3.30. The van der Waals surface area contributed by atoms with Gasteiger partial charge in [-0.25, -0.2) is 0 Å². The normalized spacial score (nSPS) is 11.8. The molecule has 0 bridgehead atoms. The van der Waals surface area contributed by atoms with Crippen LogP contribution in [0.25, 0.3) is 0 Å². The van der Waals surface area contributed by atoms with Gasteiger partial charge in [-0.2, -0.15) is 0 Å². The van der Waals surface area contributed by atoms with Crippen LogP contribution in [0.3, 0.4) is 0 Å². The molecular formula is C38H71NO9. The fraction of sp³-hybridized carbons (Fsp3) is 0.895. The first kappa shape index (κ1) is 45.8. The summed E-state index contributed by atoms with van der Waals surface area (Å²) in [5.74, 6) is -1.95. The van der Waals surface area contributed by atoms with Gasteiger partial charge in [0.05, 0.1) is 19.7 Å². The zero-order valence-electron chi connectivity index (χ0n) is 31.0. The lowest BCUT2D eigenvalue weighted by Gasteiger charge is -2.19. The van der Waals surface area contributed by atoms with E-state index in [0.717, 1.165) is 38.5 Å². The summed E-state index contributed by atoms with van der Waals surface area (Å²) in [5.41, 5.74) is 0. The van der Waals surface area contributed by atoms with E-state index in [4.69, 9.17) is 24.1 Å². The molecule has 1 atom stereocenters. The molecule has 0 heterocycles. The largest absolute Gasteiger partial charge is 0.462 e. The average Bonchev–Trinajstić information content (AvgIpc) is 3.06. The van der Waals surface area contributed by atoms with Crippen molar-refractivity contribution in [1.29, 1.82) is 0 Å². The zero-order valence-corrected chi connectivity index (χ0v) is 31.0. The van der Waals surface area contributed by atoms with E-state index in [0.29, 0.717) is 6.42 Å². The van der Waals surface area contributed by atoms with E-state index in [1.165, 1.54) is 108 Å². The van der Waals surface area contributed by atoms with Gasteiger partial charge in [0.15, 0.2) is 6.10 Å². The molecule has 48 heavy (non-hydrogen) atoms. The molecule has 0 aliphatic heterocycles. The van der Waals surface area contributed by atoms with E-state index < -0.39 is 24.0 Å². The molecule has 0 saturated carbocycles. The number of ether oxygens (including phenoxy) is 4. The van der Waals surface area contributed by atoms with E-state index in [2.05, 4.69) is 13.8 Å². The number of hydrogen-bond donors (Lipinski definition) is 1. The third-order valence-electron chi connectivity index (χ3n) is 8.28. The highest BCUT2D eigenvalue weighted by atomic mass is 16.6. The standard InChI is InChI=1S/C38H71NO9/c1-4-6-8-10-12-14-16-18-20-22-24-26-35(41)46-32-34(33-47-38(44)31-39(3)30-37(43)45-29-28-40)48-36(42)27-25-23-21-19-17-15-13-11-9-7-5-2/h34,40H,4-33H2,1-3H3. The van der Waals surface area contributed by atoms with Crippen molar-refractivity contribution >= 4 is 23.9 Å². The maximum absolute atomic E-state index is 12.6. The Hall–Kier alpha value is -2.20. The van der Waals surface area contributed by atoms with E-state index in [1.54, 1.807) is 7.05 Å². The molecule has 0 amide bonds. The molecule has 0 rings (SSSR count). The van der Waals surface area contributed by atoms with Gasteiger partial charge in [0, 0.05) is 12.8 Å². The number of likely N-dealkylation sites (N-methyl/N-ethyl adjacent to an activating group) is 1. The van der Waals surface area contributed by atoms with Gasteiger partial charge in [0.1, 0.15) is 19.8 Å². The molecule has 0 aromatic carbocycles. The van der Waals surface area contributed by atoms with Crippen LogP contribution in [-0.4, -0.2) is 86.6 Å². The van der Waals surface area contributed by atoms with Gasteiger partial charge < -0.3 is 24.1 Å². The predicted molar refractivity (Wildman–Crippen MR) is 189 cm³/mol. The lowest BCUT2D eigenvalue weighted by molar-refractivity contribution is -0.167. The first-order valence-electron chi connectivity index (χ1n) is 19.3. The lowest BCUT2D eigenvalue weighted by atomic mass is 10.1. The van der Waals surface area contributed by atoms with Crippen LogP contribution in [0.15, 0.2) is 0 Å². The van der Waals surface area contributed by atoms with Crippen molar-refractivity contribution in [3.8, 4) is 0 Å². The highest BCUT2D eigenvalue weighted by Crippen LogP contribution is 2.14. The van der Waals surface area contributed by atoms with E-state index in [-0.39, 0.29) is 51.9 Å². The molecule has 0 spiro atoms. The van der Waals surface area contributed by atoms with Gasteiger partial charge in [-0.05, 0) is 19.9 Å². The molecule has 0 aliphatic rings. The van der Waals surface area contributed by atoms with Crippen molar-refractivity contribution in [2.45, 2.75) is 174 Å². The van der Waals surface area contributed by atoms with Crippen LogP contribution in [0.4, 0.5) is 0 Å². The molecule has 0 saturated heterocycles. The molecule has 10 heteroatoms. The molecule has 10 nitrogen and oxygen atoms in total. The lowest BCUT2D eigenvalue weighted by Crippen LogP contribution is -2.36. The summed E-state index contributed by atoms with van der Waals surface area (Å²) >= 11 is 0. The van der Waals surface area contributed by atoms with Gasteiger partial charge in [0.2, 0.25) is 0 Å². The van der Waals surface area contributed by atoms with Crippen LogP contribution in [-0.2, 0) is 38.1 Å². The van der Waals surface area contributed by atoms with Gasteiger partial charge >= 0.3 is 23.9 Å². The number of carbonyl (C=O) groups excluding carboxylic acids is 4. The number of rotatable bonds is 35. The topological polar surface area (TPSA) is 129 Å². The zero-order chi connectivity index (χ0) is 35.5. The van der Waals surface area contributed by atoms with Crippen LogP contribution in [0, 0.1) is 0 Å². The Labute approximate surface area is 292 Å². The molecule has 1 unspecified atom stereocenters. The number of hydrogen-bond acceptors (Lipinski definition) is 10. The smallest absolute Gasteiger partial charge is 0.320 e. The Balaban J connectivity index is 4.47. The molecule has 0 aromatic heterocycles. The van der Waals surface area contributed by atoms with E-state index >= 15 is 0 Å². The first-order valence-corrected chi connectivity index (χ1v) is 19.3. The summed E-state index contributed by atoms with van der Waals surface area (Å²) in [7, 11) is 1.56. The monoisotopic (exact) mass is 686 g/mol. The first-order chi connectivity index (χ1) is 23.3. The van der Waals surface area contributed by atoms with E-state index in [1.807, 2.05) is 0 Å². The number of aliphatic hydroxyl groups is 1. The van der Waals surface area contributed by atoms with Crippen molar-refractivity contribution in [3.05, 3.63) is 0 Å². The fourth-order valence-electron chi connectivity index (χ4n) is 5.42. The second kappa shape index (κ2) is 34.7. The van der Waals surface area contributed by atoms with Gasteiger partial charge in [-0.15, -0.1) is 0 Å². The van der Waals surface area contributed by atoms with Crippen molar-refractivity contribution in [2.24, 2.45) is 0 Å². The molecular weight excluding hydrogens is 614 g/mol. The molecule has 0 aliphatic carbocycles. The van der Waals surface area contributed by atoms with Gasteiger partial charge in [-0.1, -0.05) is 142 Å². The second-order valence-electron chi connectivity index (χ2n) is 13.2. The Morgan fingerprint density at radius 1 is 0.500 bits per heavy atom. The van der Waals surface area contributed by atoms with Crippen LogP contribution < -0.4 is 0 Å². The Kier molecular flexibility index (Phi) is 33.1. The third-order valence-corrected chi connectivity index (χ3v) is 8.28. The highest BCUT2D eigenvalue weighted by Gasteiger charge is 2.20. The molecule has 282 valence electrons.